The van der Waals surface area contributed by atoms with Crippen molar-refractivity contribution in [2.75, 3.05) is 13.7 Å². The maximum absolute atomic E-state index is 12.5. The number of aryl methyl sites for hydroxylation is 2. The van der Waals surface area contributed by atoms with Crippen molar-refractivity contribution in [3.63, 3.8) is 0 Å². The van der Waals surface area contributed by atoms with Crippen molar-refractivity contribution in [2.45, 2.75) is 40.2 Å². The number of methoxy groups -OCH3 is 1. The van der Waals surface area contributed by atoms with Gasteiger partial charge in [0.05, 0.1) is 13.0 Å². The molecule has 1 saturated carbocycles. The molecular formula is C22H27NO4. The van der Waals surface area contributed by atoms with Gasteiger partial charge in [0.2, 0.25) is 5.78 Å². The summed E-state index contributed by atoms with van der Waals surface area (Å²) in [5.41, 5.74) is 3.80. The van der Waals surface area contributed by atoms with Gasteiger partial charge in [-0.1, -0.05) is 19.1 Å². The van der Waals surface area contributed by atoms with Crippen molar-refractivity contribution in [1.29, 1.82) is 0 Å². The molecule has 0 spiro atoms. The van der Waals surface area contributed by atoms with E-state index in [-0.39, 0.29) is 24.3 Å². The molecule has 2 unspecified atom stereocenters. The summed E-state index contributed by atoms with van der Waals surface area (Å²) in [7, 11) is 1.66. The molecule has 1 aromatic carbocycles. The van der Waals surface area contributed by atoms with Gasteiger partial charge < -0.3 is 14.0 Å². The first-order valence-electron chi connectivity index (χ1n) is 9.40. The van der Waals surface area contributed by atoms with Crippen LogP contribution in [0.15, 0.2) is 30.3 Å². The van der Waals surface area contributed by atoms with E-state index in [1.807, 2.05) is 39.0 Å². The van der Waals surface area contributed by atoms with E-state index in [4.69, 9.17) is 9.47 Å². The molecule has 0 N–H and O–H groups in total. The lowest BCUT2D eigenvalue weighted by molar-refractivity contribution is -0.144. The topological polar surface area (TPSA) is 57.5 Å². The third kappa shape index (κ3) is 4.41. The Morgan fingerprint density at radius 3 is 2.44 bits per heavy atom. The van der Waals surface area contributed by atoms with E-state index < -0.39 is 0 Å². The van der Waals surface area contributed by atoms with Crippen LogP contribution in [-0.4, -0.2) is 30.0 Å². The van der Waals surface area contributed by atoms with Crippen LogP contribution in [0.25, 0.3) is 0 Å². The molecule has 3 rings (SSSR count). The van der Waals surface area contributed by atoms with E-state index in [1.54, 1.807) is 7.11 Å². The molecule has 1 aliphatic rings. The minimum Gasteiger partial charge on any atom is -0.497 e. The number of rotatable bonds is 8. The Bertz CT molecular complexity index is 835. The maximum Gasteiger partial charge on any atom is 0.309 e. The molecule has 1 aromatic heterocycles. The van der Waals surface area contributed by atoms with E-state index in [9.17, 15) is 9.59 Å². The van der Waals surface area contributed by atoms with Crippen LogP contribution >= 0.6 is 0 Å². The molecule has 0 bridgehead atoms. The van der Waals surface area contributed by atoms with Crippen LogP contribution in [0.1, 0.15) is 40.7 Å². The van der Waals surface area contributed by atoms with Crippen LogP contribution in [0.3, 0.4) is 0 Å². The molecule has 0 saturated heterocycles. The van der Waals surface area contributed by atoms with Gasteiger partial charge in [0, 0.05) is 23.5 Å². The lowest BCUT2D eigenvalue weighted by Gasteiger charge is -2.10. The van der Waals surface area contributed by atoms with Crippen molar-refractivity contribution in [1.82, 2.24) is 4.57 Å². The van der Waals surface area contributed by atoms with Gasteiger partial charge in [0.25, 0.3) is 0 Å². The van der Waals surface area contributed by atoms with Crippen molar-refractivity contribution < 1.29 is 19.1 Å². The van der Waals surface area contributed by atoms with Crippen LogP contribution in [0.4, 0.5) is 0 Å². The predicted octanol–water partition coefficient (Wildman–Crippen LogP) is 3.74. The third-order valence-electron chi connectivity index (χ3n) is 5.41. The molecule has 5 nitrogen and oxygen atoms in total. The van der Waals surface area contributed by atoms with Crippen LogP contribution in [-0.2, 0) is 22.5 Å². The Morgan fingerprint density at radius 1 is 1.19 bits per heavy atom. The molecule has 0 amide bonds. The summed E-state index contributed by atoms with van der Waals surface area (Å²) >= 11 is 0. The number of ether oxygens (including phenoxy) is 2. The Balaban J connectivity index is 1.61. The van der Waals surface area contributed by atoms with E-state index in [2.05, 4.69) is 16.7 Å². The summed E-state index contributed by atoms with van der Waals surface area (Å²) < 4.78 is 12.5. The SMILES string of the molecule is COc1ccc(CCn2c(C)cc(C(=O)COC(=O)C3CC3C)c2C)cc1. The van der Waals surface area contributed by atoms with Gasteiger partial charge in [-0.25, -0.2) is 0 Å². The zero-order chi connectivity index (χ0) is 19.6. The van der Waals surface area contributed by atoms with Crippen molar-refractivity contribution in [3.05, 3.63) is 52.8 Å². The van der Waals surface area contributed by atoms with E-state index in [0.29, 0.717) is 11.5 Å². The minimum atomic E-state index is -0.246. The molecular weight excluding hydrogens is 342 g/mol. The van der Waals surface area contributed by atoms with E-state index in [0.717, 1.165) is 36.5 Å². The van der Waals surface area contributed by atoms with Crippen LogP contribution in [0.2, 0.25) is 0 Å². The van der Waals surface area contributed by atoms with Crippen LogP contribution in [0.5, 0.6) is 5.75 Å². The van der Waals surface area contributed by atoms with E-state index >= 15 is 0 Å². The Kier molecular flexibility index (Phi) is 5.68. The summed E-state index contributed by atoms with van der Waals surface area (Å²) in [6, 6.07) is 9.90. The summed E-state index contributed by atoms with van der Waals surface area (Å²) in [6.07, 6.45) is 1.73. The standard InChI is InChI=1S/C22H27NO4/c1-14-11-19(14)22(25)27-13-21(24)20-12-15(2)23(16(20)3)10-9-17-5-7-18(26-4)8-6-17/h5-8,12,14,19H,9-11,13H2,1-4H3. The molecule has 27 heavy (non-hydrogen) atoms. The molecule has 5 heteroatoms. The van der Waals surface area contributed by atoms with Gasteiger partial charge >= 0.3 is 5.97 Å². The fourth-order valence-corrected chi connectivity index (χ4v) is 3.43. The molecule has 0 aliphatic heterocycles. The normalized spacial score (nSPS) is 18.2. The van der Waals surface area contributed by atoms with Gasteiger partial charge in [-0.05, 0) is 56.4 Å². The molecule has 0 radical (unpaired) electrons. The summed E-state index contributed by atoms with van der Waals surface area (Å²) in [5.74, 6) is 0.824. The number of hydrogen-bond acceptors (Lipinski definition) is 4. The van der Waals surface area contributed by atoms with E-state index in [1.165, 1.54) is 5.56 Å². The number of carbonyl (C=O) groups excluding carboxylic acids is 2. The fraction of sp³-hybridized carbons (Fsp3) is 0.455. The minimum absolute atomic E-state index is 0.0188. The number of carbonyl (C=O) groups is 2. The average molecular weight is 369 g/mol. The van der Waals surface area contributed by atoms with Crippen LogP contribution in [0, 0.1) is 25.7 Å². The van der Waals surface area contributed by atoms with Crippen molar-refractivity contribution in [3.8, 4) is 5.75 Å². The smallest absolute Gasteiger partial charge is 0.309 e. The molecule has 144 valence electrons. The largest absolute Gasteiger partial charge is 0.497 e. The maximum atomic E-state index is 12.5. The Labute approximate surface area is 160 Å². The first-order chi connectivity index (χ1) is 12.9. The second kappa shape index (κ2) is 7.99. The fourth-order valence-electron chi connectivity index (χ4n) is 3.43. The molecule has 1 fully saturated rings. The monoisotopic (exact) mass is 369 g/mol. The number of aromatic nitrogens is 1. The van der Waals surface area contributed by atoms with Gasteiger partial charge in [0.15, 0.2) is 6.61 Å². The predicted molar refractivity (Wildman–Crippen MR) is 103 cm³/mol. The van der Waals surface area contributed by atoms with Gasteiger partial charge in [-0.3, -0.25) is 9.59 Å². The molecule has 2 atom stereocenters. The zero-order valence-corrected chi connectivity index (χ0v) is 16.5. The first kappa shape index (κ1) is 19.2. The summed E-state index contributed by atoms with van der Waals surface area (Å²) in [6.45, 7) is 6.57. The van der Waals surface area contributed by atoms with Gasteiger partial charge in [-0.15, -0.1) is 0 Å². The first-order valence-corrected chi connectivity index (χ1v) is 9.40. The highest BCUT2D eigenvalue weighted by Gasteiger charge is 2.40. The second-order valence-corrected chi connectivity index (χ2v) is 7.38. The summed E-state index contributed by atoms with van der Waals surface area (Å²) in [5, 5.41) is 0. The number of ketones is 1. The molecule has 1 heterocycles. The number of Topliss-reactive ketones (excluding diaryl/α,β-unsaturated/α-hetero) is 1. The zero-order valence-electron chi connectivity index (χ0n) is 16.5. The highest BCUT2D eigenvalue weighted by molar-refractivity contribution is 5.99. The lowest BCUT2D eigenvalue weighted by atomic mass is 10.1. The van der Waals surface area contributed by atoms with Crippen LogP contribution < -0.4 is 4.74 Å². The average Bonchev–Trinajstić information content (AvgIpc) is 3.33. The van der Waals surface area contributed by atoms with Crippen molar-refractivity contribution in [2.24, 2.45) is 11.8 Å². The number of esters is 1. The molecule has 2 aromatic rings. The van der Waals surface area contributed by atoms with Crippen molar-refractivity contribution >= 4 is 11.8 Å². The Hall–Kier alpha value is -2.56. The highest BCUT2D eigenvalue weighted by Crippen LogP contribution is 2.38. The summed E-state index contributed by atoms with van der Waals surface area (Å²) in [4.78, 5) is 24.3. The number of benzene rings is 1. The quantitative estimate of drug-likeness (QED) is 0.525. The number of hydrogen-bond donors (Lipinski definition) is 0. The third-order valence-corrected chi connectivity index (χ3v) is 5.41. The highest BCUT2D eigenvalue weighted by atomic mass is 16.5. The molecule has 1 aliphatic carbocycles. The van der Waals surface area contributed by atoms with Gasteiger partial charge in [-0.2, -0.15) is 0 Å². The Morgan fingerprint density at radius 2 is 1.85 bits per heavy atom. The van der Waals surface area contributed by atoms with Gasteiger partial charge in [0.1, 0.15) is 5.75 Å². The second-order valence-electron chi connectivity index (χ2n) is 7.38. The number of nitrogens with zero attached hydrogens (tertiary/aromatic N) is 1. The lowest BCUT2D eigenvalue weighted by Crippen LogP contribution is -2.16.